The fraction of sp³-hybridized carbons (Fsp3) is 0.409. The van der Waals surface area contributed by atoms with E-state index < -0.39 is 10.0 Å². The number of piperazine rings is 1. The molecule has 2 aliphatic heterocycles. The fourth-order valence-corrected chi connectivity index (χ4v) is 5.45. The summed E-state index contributed by atoms with van der Waals surface area (Å²) in [6.07, 6.45) is 3.32. The van der Waals surface area contributed by atoms with Gasteiger partial charge in [-0.1, -0.05) is 12.1 Å². The van der Waals surface area contributed by atoms with E-state index in [9.17, 15) is 8.42 Å². The van der Waals surface area contributed by atoms with E-state index in [2.05, 4.69) is 19.8 Å². The molecule has 0 amide bonds. The Kier molecular flexibility index (Phi) is 6.00. The van der Waals surface area contributed by atoms with Crippen molar-refractivity contribution in [1.29, 1.82) is 0 Å². The maximum Gasteiger partial charge on any atom is 0.243 e. The number of oxazole rings is 1. The van der Waals surface area contributed by atoms with E-state index >= 15 is 0 Å². The van der Waals surface area contributed by atoms with E-state index in [-0.39, 0.29) is 4.90 Å². The highest BCUT2D eigenvalue weighted by Crippen LogP contribution is 2.24. The zero-order chi connectivity index (χ0) is 22.8. The van der Waals surface area contributed by atoms with Gasteiger partial charge in [0.25, 0.3) is 0 Å². The highest BCUT2D eigenvalue weighted by atomic mass is 32.2. The number of nitrogens with zero attached hydrogens (tertiary/aromatic N) is 6. The molecule has 4 heterocycles. The average Bonchev–Trinajstić information content (AvgIpc) is 3.31. The number of hydrogen-bond acceptors (Lipinski definition) is 9. The van der Waals surface area contributed by atoms with Crippen molar-refractivity contribution in [2.24, 2.45) is 0 Å². The minimum Gasteiger partial charge on any atom is -0.449 e. The summed E-state index contributed by atoms with van der Waals surface area (Å²) in [6.45, 7) is 6.56. The normalized spacial score (nSPS) is 18.0. The number of morpholine rings is 1. The molecule has 0 radical (unpaired) electrons. The Bertz CT molecular complexity index is 1200. The van der Waals surface area contributed by atoms with Gasteiger partial charge in [-0.2, -0.15) is 9.29 Å². The second-order valence-electron chi connectivity index (χ2n) is 7.98. The monoisotopic (exact) mass is 470 g/mol. The lowest BCUT2D eigenvalue weighted by molar-refractivity contribution is 0.122. The van der Waals surface area contributed by atoms with Crippen LogP contribution in [0.4, 0.5) is 11.8 Å². The van der Waals surface area contributed by atoms with Crippen LogP contribution in [0.15, 0.2) is 52.1 Å². The molecule has 10 nitrogen and oxygen atoms in total. The van der Waals surface area contributed by atoms with Crippen molar-refractivity contribution in [3.8, 4) is 11.3 Å². The van der Waals surface area contributed by atoms with Gasteiger partial charge < -0.3 is 19.0 Å². The average molecular weight is 471 g/mol. The summed E-state index contributed by atoms with van der Waals surface area (Å²) in [7, 11) is -3.58. The number of rotatable bonds is 5. The minimum atomic E-state index is -3.58. The molecule has 0 bridgehead atoms. The summed E-state index contributed by atoms with van der Waals surface area (Å²) in [4.78, 5) is 17.9. The van der Waals surface area contributed by atoms with Gasteiger partial charge in [0.05, 0.1) is 18.1 Å². The summed E-state index contributed by atoms with van der Waals surface area (Å²) < 4.78 is 38.5. The number of hydrogen-bond donors (Lipinski definition) is 0. The van der Waals surface area contributed by atoms with Crippen LogP contribution < -0.4 is 9.80 Å². The smallest absolute Gasteiger partial charge is 0.243 e. The Morgan fingerprint density at radius 3 is 2.27 bits per heavy atom. The summed E-state index contributed by atoms with van der Waals surface area (Å²) >= 11 is 0. The number of anilines is 2. The molecule has 174 valence electrons. The first kappa shape index (κ1) is 21.8. The van der Waals surface area contributed by atoms with Crippen molar-refractivity contribution in [3.05, 3.63) is 48.7 Å². The quantitative estimate of drug-likeness (QED) is 0.552. The zero-order valence-corrected chi connectivity index (χ0v) is 19.2. The third kappa shape index (κ3) is 4.56. The van der Waals surface area contributed by atoms with Crippen LogP contribution in [0.5, 0.6) is 0 Å². The van der Waals surface area contributed by atoms with E-state index in [1.54, 1.807) is 43.6 Å². The van der Waals surface area contributed by atoms with E-state index in [4.69, 9.17) is 14.1 Å². The Morgan fingerprint density at radius 2 is 1.61 bits per heavy atom. The van der Waals surface area contributed by atoms with Crippen LogP contribution >= 0.6 is 0 Å². The van der Waals surface area contributed by atoms with Crippen LogP contribution in [0.25, 0.3) is 11.3 Å². The Hall–Kier alpha value is -3.02. The van der Waals surface area contributed by atoms with Crippen LogP contribution in [0.3, 0.4) is 0 Å². The summed E-state index contributed by atoms with van der Waals surface area (Å²) in [5.41, 5.74) is 1.50. The van der Waals surface area contributed by atoms with Crippen molar-refractivity contribution in [1.82, 2.24) is 19.3 Å². The number of sulfonamides is 1. The van der Waals surface area contributed by atoms with Crippen LogP contribution in [-0.2, 0) is 14.8 Å². The van der Waals surface area contributed by atoms with E-state index in [0.29, 0.717) is 56.9 Å². The van der Waals surface area contributed by atoms with Gasteiger partial charge in [-0.3, -0.25) is 0 Å². The van der Waals surface area contributed by atoms with E-state index in [1.165, 1.54) is 4.31 Å². The Morgan fingerprint density at radius 1 is 0.879 bits per heavy atom. The lowest BCUT2D eigenvalue weighted by Crippen LogP contribution is -2.49. The minimum absolute atomic E-state index is 0.275. The maximum atomic E-state index is 13.2. The van der Waals surface area contributed by atoms with Crippen LogP contribution in [0.1, 0.15) is 5.89 Å². The predicted molar refractivity (Wildman–Crippen MR) is 123 cm³/mol. The summed E-state index contributed by atoms with van der Waals surface area (Å²) in [6, 6.07) is 8.64. The van der Waals surface area contributed by atoms with Crippen molar-refractivity contribution in [2.75, 3.05) is 62.3 Å². The third-order valence-electron chi connectivity index (χ3n) is 5.89. The van der Waals surface area contributed by atoms with Crippen molar-refractivity contribution in [3.63, 3.8) is 0 Å². The topological polar surface area (TPSA) is 105 Å². The first-order chi connectivity index (χ1) is 16.0. The van der Waals surface area contributed by atoms with Gasteiger partial charge in [-0.25, -0.2) is 18.4 Å². The van der Waals surface area contributed by atoms with E-state index in [0.717, 1.165) is 24.5 Å². The number of aryl methyl sites for hydroxylation is 1. The van der Waals surface area contributed by atoms with Gasteiger partial charge in [-0.15, -0.1) is 0 Å². The standard InChI is InChI=1S/C22H26N6O4S/c1-17-24-20(16-32-17)18-2-4-19(5-3-18)33(29,30)28-10-8-26(9-11-28)21-6-7-23-22(25-21)27-12-14-31-15-13-27/h2-7,16H,8-15H2,1H3. The number of aromatic nitrogens is 3. The largest absolute Gasteiger partial charge is 0.449 e. The molecule has 0 atom stereocenters. The predicted octanol–water partition coefficient (Wildman–Crippen LogP) is 1.79. The third-order valence-corrected chi connectivity index (χ3v) is 7.80. The first-order valence-electron chi connectivity index (χ1n) is 10.9. The number of benzene rings is 1. The SMILES string of the molecule is Cc1nc(-c2ccc(S(=O)(=O)N3CCN(c4ccnc(N5CCOCC5)n4)CC3)cc2)co1. The molecular weight excluding hydrogens is 444 g/mol. The molecule has 0 unspecified atom stereocenters. The molecule has 0 N–H and O–H groups in total. The van der Waals surface area contributed by atoms with Gasteiger partial charge in [0, 0.05) is 58.0 Å². The van der Waals surface area contributed by atoms with Crippen molar-refractivity contribution >= 4 is 21.8 Å². The van der Waals surface area contributed by atoms with Crippen LogP contribution in [-0.4, -0.2) is 80.2 Å². The van der Waals surface area contributed by atoms with Gasteiger partial charge >= 0.3 is 0 Å². The van der Waals surface area contributed by atoms with Gasteiger partial charge in [-0.05, 0) is 18.2 Å². The highest BCUT2D eigenvalue weighted by Gasteiger charge is 2.29. The van der Waals surface area contributed by atoms with Gasteiger partial charge in [0.2, 0.25) is 16.0 Å². The molecule has 2 fully saturated rings. The zero-order valence-electron chi connectivity index (χ0n) is 18.4. The van der Waals surface area contributed by atoms with Crippen molar-refractivity contribution < 1.29 is 17.6 Å². The highest BCUT2D eigenvalue weighted by molar-refractivity contribution is 7.89. The second-order valence-corrected chi connectivity index (χ2v) is 9.92. The molecule has 3 aromatic rings. The van der Waals surface area contributed by atoms with E-state index in [1.807, 2.05) is 6.07 Å². The molecule has 0 aliphatic carbocycles. The molecule has 0 spiro atoms. The molecule has 1 aromatic carbocycles. The molecule has 11 heteroatoms. The maximum absolute atomic E-state index is 13.2. The second kappa shape index (κ2) is 9.08. The molecule has 2 saturated heterocycles. The Balaban J connectivity index is 1.25. The van der Waals surface area contributed by atoms with Crippen molar-refractivity contribution in [2.45, 2.75) is 11.8 Å². The molecule has 2 aromatic heterocycles. The first-order valence-corrected chi connectivity index (χ1v) is 12.4. The lowest BCUT2D eigenvalue weighted by Gasteiger charge is -2.35. The summed E-state index contributed by atoms with van der Waals surface area (Å²) in [5.74, 6) is 2.07. The molecule has 2 aliphatic rings. The Labute approximate surface area is 192 Å². The number of ether oxygens (including phenoxy) is 1. The molecule has 33 heavy (non-hydrogen) atoms. The lowest BCUT2D eigenvalue weighted by atomic mass is 10.2. The summed E-state index contributed by atoms with van der Waals surface area (Å²) in [5, 5.41) is 0. The fourth-order valence-electron chi connectivity index (χ4n) is 4.03. The molecule has 0 saturated carbocycles. The molecule has 5 rings (SSSR count). The van der Waals surface area contributed by atoms with Gasteiger partial charge in [0.1, 0.15) is 17.8 Å². The van der Waals surface area contributed by atoms with Crippen LogP contribution in [0.2, 0.25) is 0 Å². The molecular formula is C22H26N6O4S. The van der Waals surface area contributed by atoms with Gasteiger partial charge in [0.15, 0.2) is 5.89 Å². The van der Waals surface area contributed by atoms with Crippen LogP contribution in [0, 0.1) is 6.92 Å².